The van der Waals surface area contributed by atoms with E-state index in [-0.39, 0.29) is 0 Å². The minimum Gasteiger partial charge on any atom is -0.314 e. The number of carbonyl (C=O) groups excluding carboxylic acids is 1. The largest absolute Gasteiger partial charge is 0.314 e. The van der Waals surface area contributed by atoms with Crippen LogP contribution in [-0.2, 0) is 4.79 Å². The maximum absolute atomic E-state index is 10.2. The first-order valence-electron chi connectivity index (χ1n) is 4.68. The topological polar surface area (TPSA) is 32.3 Å². The standard InChI is InChI=1S/C9H17N2O/c1-2-5-11-6-4-10-8-9(11)3-7-12/h9-10H,2-6,8H2,1H3. The molecular weight excluding hydrogens is 152 g/mol. The first kappa shape index (κ1) is 9.68. The Morgan fingerprint density at radius 2 is 2.50 bits per heavy atom. The molecule has 12 heavy (non-hydrogen) atoms. The van der Waals surface area contributed by atoms with Gasteiger partial charge in [-0.3, -0.25) is 9.69 Å². The lowest BCUT2D eigenvalue weighted by Crippen LogP contribution is -2.51. The summed E-state index contributed by atoms with van der Waals surface area (Å²) in [5.74, 6) is 0. The van der Waals surface area contributed by atoms with E-state index in [0.29, 0.717) is 12.5 Å². The Hall–Kier alpha value is -0.410. The van der Waals surface area contributed by atoms with Crippen molar-refractivity contribution in [3.05, 3.63) is 0 Å². The average molecular weight is 169 g/mol. The van der Waals surface area contributed by atoms with Crippen LogP contribution in [0.15, 0.2) is 0 Å². The summed E-state index contributed by atoms with van der Waals surface area (Å²) in [5, 5.41) is 3.29. The molecule has 3 heteroatoms. The molecule has 1 saturated heterocycles. The van der Waals surface area contributed by atoms with E-state index in [4.69, 9.17) is 0 Å². The SMILES string of the molecule is CCCN1CCNCC1C[C]=O. The minimum atomic E-state index is 0.385. The highest BCUT2D eigenvalue weighted by Crippen LogP contribution is 2.06. The van der Waals surface area contributed by atoms with Crippen molar-refractivity contribution in [2.24, 2.45) is 0 Å². The summed E-state index contributed by atoms with van der Waals surface area (Å²) in [4.78, 5) is 12.6. The van der Waals surface area contributed by atoms with Gasteiger partial charge in [0.25, 0.3) is 0 Å². The van der Waals surface area contributed by atoms with Crippen LogP contribution < -0.4 is 5.32 Å². The third-order valence-corrected chi connectivity index (χ3v) is 2.30. The molecule has 0 saturated carbocycles. The van der Waals surface area contributed by atoms with Crippen LogP contribution in [-0.4, -0.2) is 43.4 Å². The van der Waals surface area contributed by atoms with Gasteiger partial charge in [-0.25, -0.2) is 0 Å². The van der Waals surface area contributed by atoms with Gasteiger partial charge in [-0.2, -0.15) is 0 Å². The summed E-state index contributed by atoms with van der Waals surface area (Å²) in [5.41, 5.74) is 0. The van der Waals surface area contributed by atoms with Crippen LogP contribution in [0.5, 0.6) is 0 Å². The van der Waals surface area contributed by atoms with Gasteiger partial charge < -0.3 is 5.32 Å². The number of nitrogens with zero attached hydrogens (tertiary/aromatic N) is 1. The Balaban J connectivity index is 2.36. The number of piperazine rings is 1. The van der Waals surface area contributed by atoms with E-state index in [0.717, 1.165) is 32.6 Å². The Kier molecular flexibility index (Phi) is 4.25. The highest BCUT2D eigenvalue weighted by Gasteiger charge is 2.20. The Morgan fingerprint density at radius 3 is 3.17 bits per heavy atom. The second kappa shape index (κ2) is 5.27. The molecule has 1 rings (SSSR count). The molecule has 1 radical (unpaired) electrons. The van der Waals surface area contributed by atoms with E-state index in [2.05, 4.69) is 17.1 Å². The van der Waals surface area contributed by atoms with Crippen LogP contribution in [0.2, 0.25) is 0 Å². The molecule has 1 fully saturated rings. The summed E-state index contributed by atoms with van der Waals surface area (Å²) < 4.78 is 0. The molecule has 1 aliphatic heterocycles. The molecule has 1 N–H and O–H groups in total. The number of nitrogens with one attached hydrogen (secondary N) is 1. The Bertz CT molecular complexity index is 136. The maximum atomic E-state index is 10.2. The second-order valence-corrected chi connectivity index (χ2v) is 3.24. The van der Waals surface area contributed by atoms with Gasteiger partial charge >= 0.3 is 0 Å². The van der Waals surface area contributed by atoms with Crippen LogP contribution >= 0.6 is 0 Å². The highest BCUT2D eigenvalue weighted by molar-refractivity contribution is 5.51. The van der Waals surface area contributed by atoms with Crippen molar-refractivity contribution >= 4 is 6.29 Å². The highest BCUT2D eigenvalue weighted by atomic mass is 16.1. The smallest absolute Gasteiger partial charge is 0.200 e. The van der Waals surface area contributed by atoms with E-state index in [9.17, 15) is 4.79 Å². The fourth-order valence-corrected chi connectivity index (χ4v) is 1.68. The average Bonchev–Trinajstić information content (AvgIpc) is 2.09. The fourth-order valence-electron chi connectivity index (χ4n) is 1.68. The lowest BCUT2D eigenvalue weighted by atomic mass is 10.1. The number of hydrogen-bond acceptors (Lipinski definition) is 3. The molecule has 3 nitrogen and oxygen atoms in total. The van der Waals surface area contributed by atoms with Gasteiger partial charge in [0.05, 0.1) is 0 Å². The maximum Gasteiger partial charge on any atom is 0.200 e. The van der Waals surface area contributed by atoms with Crippen LogP contribution in [0.3, 0.4) is 0 Å². The van der Waals surface area contributed by atoms with Crippen molar-refractivity contribution in [3.63, 3.8) is 0 Å². The molecular formula is C9H17N2O. The molecule has 0 amide bonds. The fraction of sp³-hybridized carbons (Fsp3) is 0.889. The van der Waals surface area contributed by atoms with Gasteiger partial charge in [-0.1, -0.05) is 6.92 Å². The Labute approximate surface area is 74.1 Å². The molecule has 0 spiro atoms. The lowest BCUT2D eigenvalue weighted by molar-refractivity contribution is 0.165. The van der Waals surface area contributed by atoms with Gasteiger partial charge in [0.15, 0.2) is 6.29 Å². The van der Waals surface area contributed by atoms with Crippen molar-refractivity contribution in [2.75, 3.05) is 26.2 Å². The molecule has 0 bridgehead atoms. The van der Waals surface area contributed by atoms with Crippen molar-refractivity contribution in [1.82, 2.24) is 10.2 Å². The minimum absolute atomic E-state index is 0.385. The summed E-state index contributed by atoms with van der Waals surface area (Å²) in [6.07, 6.45) is 3.70. The van der Waals surface area contributed by atoms with Crippen molar-refractivity contribution < 1.29 is 4.79 Å². The van der Waals surface area contributed by atoms with Crippen LogP contribution in [0.25, 0.3) is 0 Å². The zero-order valence-electron chi connectivity index (χ0n) is 7.68. The summed E-state index contributed by atoms with van der Waals surface area (Å²) in [7, 11) is 0. The van der Waals surface area contributed by atoms with Gasteiger partial charge in [0.1, 0.15) is 0 Å². The van der Waals surface area contributed by atoms with E-state index < -0.39 is 0 Å². The van der Waals surface area contributed by atoms with Crippen LogP contribution in [0.1, 0.15) is 19.8 Å². The molecule has 1 atom stereocenters. The molecule has 1 aliphatic rings. The van der Waals surface area contributed by atoms with Crippen LogP contribution in [0, 0.1) is 0 Å². The summed E-state index contributed by atoms with van der Waals surface area (Å²) in [6.45, 7) is 6.34. The lowest BCUT2D eigenvalue weighted by Gasteiger charge is -2.34. The second-order valence-electron chi connectivity index (χ2n) is 3.24. The summed E-state index contributed by atoms with van der Waals surface area (Å²) >= 11 is 0. The molecule has 0 aromatic heterocycles. The molecule has 1 heterocycles. The zero-order valence-corrected chi connectivity index (χ0v) is 7.68. The van der Waals surface area contributed by atoms with Crippen molar-refractivity contribution in [1.29, 1.82) is 0 Å². The van der Waals surface area contributed by atoms with E-state index >= 15 is 0 Å². The molecule has 1 unspecified atom stereocenters. The van der Waals surface area contributed by atoms with Gasteiger partial charge in [-0.05, 0) is 13.0 Å². The first-order valence-corrected chi connectivity index (χ1v) is 4.68. The third kappa shape index (κ3) is 2.57. The van der Waals surface area contributed by atoms with E-state index in [1.807, 2.05) is 6.29 Å². The monoisotopic (exact) mass is 169 g/mol. The van der Waals surface area contributed by atoms with Gasteiger partial charge in [0, 0.05) is 32.1 Å². The van der Waals surface area contributed by atoms with Crippen molar-refractivity contribution in [3.8, 4) is 0 Å². The predicted octanol–water partition coefficient (Wildman–Crippen LogP) is 0.170. The van der Waals surface area contributed by atoms with Crippen LogP contribution in [0.4, 0.5) is 0 Å². The third-order valence-electron chi connectivity index (χ3n) is 2.30. The quantitative estimate of drug-likeness (QED) is 0.651. The number of rotatable bonds is 4. The van der Waals surface area contributed by atoms with Gasteiger partial charge in [0.2, 0.25) is 0 Å². The van der Waals surface area contributed by atoms with Gasteiger partial charge in [-0.15, -0.1) is 0 Å². The molecule has 0 aromatic rings. The zero-order chi connectivity index (χ0) is 8.81. The normalized spacial score (nSPS) is 25.6. The van der Waals surface area contributed by atoms with Crippen molar-refractivity contribution in [2.45, 2.75) is 25.8 Å². The molecule has 0 aromatic carbocycles. The molecule has 0 aliphatic carbocycles. The molecule has 69 valence electrons. The van der Waals surface area contributed by atoms with E-state index in [1.165, 1.54) is 0 Å². The Morgan fingerprint density at radius 1 is 1.67 bits per heavy atom. The van der Waals surface area contributed by atoms with E-state index in [1.54, 1.807) is 0 Å². The first-order chi connectivity index (χ1) is 5.88. The predicted molar refractivity (Wildman–Crippen MR) is 48.8 cm³/mol. The summed E-state index contributed by atoms with van der Waals surface area (Å²) in [6, 6.07) is 0.385. The number of hydrogen-bond donors (Lipinski definition) is 1.